The highest BCUT2D eigenvalue weighted by molar-refractivity contribution is 5.90. The molecule has 6 nitrogen and oxygen atoms in total. The molecule has 1 aromatic carbocycles. The molecule has 1 N–H and O–H groups in total. The van der Waals surface area contributed by atoms with Crippen molar-refractivity contribution in [2.24, 2.45) is 4.99 Å². The third kappa shape index (κ3) is 7.56. The number of aryl methyl sites for hydroxylation is 1. The predicted molar refractivity (Wildman–Crippen MR) is 113 cm³/mol. The number of rotatable bonds is 11. The molecule has 29 heavy (non-hydrogen) atoms. The lowest BCUT2D eigenvalue weighted by molar-refractivity contribution is 0.0497. The molecule has 0 spiro atoms. The molecule has 0 aliphatic heterocycles. The number of carbonyl (C=O) groups excluding carboxylic acids is 1. The third-order valence-electron chi connectivity index (χ3n) is 4.52. The van der Waals surface area contributed by atoms with Gasteiger partial charge in [-0.15, -0.1) is 0 Å². The van der Waals surface area contributed by atoms with Crippen LogP contribution in [-0.2, 0) is 4.74 Å². The largest absolute Gasteiger partial charge is 0.507 e. The Labute approximate surface area is 171 Å². The molecule has 2 rings (SSSR count). The first-order chi connectivity index (χ1) is 14.0. The Morgan fingerprint density at radius 3 is 2.41 bits per heavy atom. The highest BCUT2D eigenvalue weighted by Gasteiger charge is 2.08. The van der Waals surface area contributed by atoms with Crippen molar-refractivity contribution in [1.82, 2.24) is 0 Å². The molecule has 0 fully saturated rings. The lowest BCUT2D eigenvalue weighted by atomic mass is 10.1. The molecule has 1 heterocycles. The fraction of sp³-hybridized carbons (Fsp3) is 0.435. The van der Waals surface area contributed by atoms with E-state index in [1.807, 2.05) is 0 Å². The molecule has 0 radical (unpaired) electrons. The van der Waals surface area contributed by atoms with E-state index in [1.54, 1.807) is 31.2 Å². The van der Waals surface area contributed by atoms with Crippen molar-refractivity contribution in [2.75, 3.05) is 6.61 Å². The summed E-state index contributed by atoms with van der Waals surface area (Å²) < 4.78 is 10.2. The van der Waals surface area contributed by atoms with Crippen LogP contribution in [0.2, 0.25) is 0 Å². The number of aliphatic imine (C=N–C) groups is 1. The summed E-state index contributed by atoms with van der Waals surface area (Å²) in [6.45, 7) is 4.20. The van der Waals surface area contributed by atoms with Gasteiger partial charge < -0.3 is 14.3 Å². The van der Waals surface area contributed by atoms with E-state index < -0.39 is 5.63 Å². The van der Waals surface area contributed by atoms with Crippen molar-refractivity contribution in [3.8, 4) is 5.75 Å². The van der Waals surface area contributed by atoms with E-state index in [9.17, 15) is 14.7 Å². The molecule has 0 unspecified atom stereocenters. The molecular weight excluding hydrogens is 370 g/mol. The maximum absolute atomic E-state index is 12.1. The number of ether oxygens (including phenoxy) is 1. The highest BCUT2D eigenvalue weighted by Crippen LogP contribution is 2.17. The molecule has 0 amide bonds. The van der Waals surface area contributed by atoms with Gasteiger partial charge in [0.25, 0.3) is 0 Å². The molecule has 0 aliphatic rings. The Balaban J connectivity index is 1.81. The van der Waals surface area contributed by atoms with Gasteiger partial charge in [-0.2, -0.15) is 0 Å². The first-order valence-electron chi connectivity index (χ1n) is 10.2. The van der Waals surface area contributed by atoms with Crippen molar-refractivity contribution in [1.29, 1.82) is 0 Å². The zero-order valence-electron chi connectivity index (χ0n) is 17.1. The van der Waals surface area contributed by atoms with Gasteiger partial charge in [-0.25, -0.2) is 9.59 Å². The van der Waals surface area contributed by atoms with Crippen molar-refractivity contribution in [2.45, 2.75) is 58.8 Å². The number of aromatic hydroxyl groups is 1. The first kappa shape index (κ1) is 22.4. The Kier molecular flexibility index (Phi) is 9.15. The Hall–Kier alpha value is -2.89. The number of nitrogens with zero attached hydrogens (tertiary/aromatic N) is 1. The number of carbonyl (C=O) groups is 1. The number of hydrogen-bond donors (Lipinski definition) is 1. The van der Waals surface area contributed by atoms with Crippen molar-refractivity contribution in [3.05, 3.63) is 57.6 Å². The summed E-state index contributed by atoms with van der Waals surface area (Å²) in [6.07, 6.45) is 9.42. The zero-order chi connectivity index (χ0) is 21.1. The minimum atomic E-state index is -0.656. The Bertz CT molecular complexity index is 868. The van der Waals surface area contributed by atoms with Crippen LogP contribution in [0.4, 0.5) is 5.69 Å². The summed E-state index contributed by atoms with van der Waals surface area (Å²) in [5.74, 6) is -0.222. The van der Waals surface area contributed by atoms with E-state index in [-0.39, 0.29) is 17.3 Å². The van der Waals surface area contributed by atoms with Crippen molar-refractivity contribution < 1.29 is 19.1 Å². The highest BCUT2D eigenvalue weighted by atomic mass is 16.5. The van der Waals surface area contributed by atoms with Gasteiger partial charge in [0, 0.05) is 12.3 Å². The lowest BCUT2D eigenvalue weighted by Gasteiger charge is -2.05. The van der Waals surface area contributed by atoms with Crippen LogP contribution in [0.5, 0.6) is 5.75 Å². The normalized spacial score (nSPS) is 11.1. The average molecular weight is 399 g/mol. The molecule has 0 saturated carbocycles. The van der Waals surface area contributed by atoms with E-state index in [1.165, 1.54) is 44.4 Å². The summed E-state index contributed by atoms with van der Waals surface area (Å²) in [7, 11) is 0. The predicted octanol–water partition coefficient (Wildman–Crippen LogP) is 5.31. The minimum absolute atomic E-state index is 0.0196. The zero-order valence-corrected chi connectivity index (χ0v) is 17.1. The third-order valence-corrected chi connectivity index (χ3v) is 4.52. The fourth-order valence-electron chi connectivity index (χ4n) is 2.85. The standard InChI is InChI=1S/C23H29NO5/c1-3-4-5-6-7-8-9-14-28-22(26)18-10-12-19(13-11-18)24-16-20-21(25)15-17(2)29-23(20)27/h10-13,15-16,25H,3-9,14H2,1-2H3. The van der Waals surface area contributed by atoms with Crippen molar-refractivity contribution in [3.63, 3.8) is 0 Å². The van der Waals surface area contributed by atoms with Crippen LogP contribution in [0, 0.1) is 6.92 Å². The summed E-state index contributed by atoms with van der Waals surface area (Å²) >= 11 is 0. The van der Waals surface area contributed by atoms with Gasteiger partial charge in [-0.1, -0.05) is 45.4 Å². The van der Waals surface area contributed by atoms with Gasteiger partial charge in [0.2, 0.25) is 0 Å². The maximum atomic E-state index is 12.1. The molecule has 6 heteroatoms. The first-order valence-corrected chi connectivity index (χ1v) is 10.2. The van der Waals surface area contributed by atoms with Gasteiger partial charge in [-0.3, -0.25) is 4.99 Å². The van der Waals surface area contributed by atoms with Gasteiger partial charge in [0.05, 0.1) is 17.9 Å². The molecule has 0 aliphatic carbocycles. The molecule has 156 valence electrons. The van der Waals surface area contributed by atoms with Gasteiger partial charge >= 0.3 is 11.6 Å². The second kappa shape index (κ2) is 11.8. The van der Waals surface area contributed by atoms with Crippen LogP contribution < -0.4 is 5.63 Å². The second-order valence-electron chi connectivity index (χ2n) is 7.01. The number of esters is 1. The monoisotopic (exact) mass is 399 g/mol. The molecule has 0 atom stereocenters. The Morgan fingerprint density at radius 2 is 1.76 bits per heavy atom. The number of unbranched alkanes of at least 4 members (excludes halogenated alkanes) is 6. The van der Waals surface area contributed by atoms with E-state index in [0.29, 0.717) is 23.6 Å². The van der Waals surface area contributed by atoms with Crippen LogP contribution in [-0.4, -0.2) is 23.9 Å². The minimum Gasteiger partial charge on any atom is -0.507 e. The molecule has 1 aromatic heterocycles. The van der Waals surface area contributed by atoms with Gasteiger partial charge in [0.1, 0.15) is 17.1 Å². The van der Waals surface area contributed by atoms with Crippen LogP contribution in [0.25, 0.3) is 0 Å². The quantitative estimate of drug-likeness (QED) is 0.314. The summed E-state index contributed by atoms with van der Waals surface area (Å²) in [5, 5.41) is 9.83. The molecular formula is C23H29NO5. The SMILES string of the molecule is CCCCCCCCCOC(=O)c1ccc(N=Cc2c(O)cc(C)oc2=O)cc1. The summed E-state index contributed by atoms with van der Waals surface area (Å²) in [5.41, 5.74) is 0.309. The van der Waals surface area contributed by atoms with Gasteiger partial charge in [0.15, 0.2) is 0 Å². The van der Waals surface area contributed by atoms with E-state index in [4.69, 9.17) is 9.15 Å². The van der Waals surface area contributed by atoms with Gasteiger partial charge in [-0.05, 0) is 37.6 Å². The van der Waals surface area contributed by atoms with Crippen LogP contribution >= 0.6 is 0 Å². The number of benzene rings is 1. The van der Waals surface area contributed by atoms with Crippen molar-refractivity contribution >= 4 is 17.9 Å². The second-order valence-corrected chi connectivity index (χ2v) is 7.01. The Morgan fingerprint density at radius 1 is 1.10 bits per heavy atom. The topological polar surface area (TPSA) is 89.1 Å². The number of hydrogen-bond acceptors (Lipinski definition) is 6. The van der Waals surface area contributed by atoms with E-state index in [2.05, 4.69) is 11.9 Å². The van der Waals surface area contributed by atoms with Crippen LogP contribution in [0.3, 0.4) is 0 Å². The average Bonchev–Trinajstić information content (AvgIpc) is 2.69. The summed E-state index contributed by atoms with van der Waals surface area (Å²) in [4.78, 5) is 28.0. The summed E-state index contributed by atoms with van der Waals surface area (Å²) in [6, 6.07) is 7.89. The lowest BCUT2D eigenvalue weighted by Crippen LogP contribution is -2.07. The smallest absolute Gasteiger partial charge is 0.348 e. The van der Waals surface area contributed by atoms with Crippen LogP contribution in [0.1, 0.15) is 73.6 Å². The van der Waals surface area contributed by atoms with Crippen LogP contribution in [0.15, 0.2) is 44.5 Å². The van der Waals surface area contributed by atoms with E-state index >= 15 is 0 Å². The molecule has 2 aromatic rings. The fourth-order valence-corrected chi connectivity index (χ4v) is 2.85. The molecule has 0 bridgehead atoms. The molecule has 0 saturated heterocycles. The maximum Gasteiger partial charge on any atom is 0.348 e. The van der Waals surface area contributed by atoms with E-state index in [0.717, 1.165) is 12.8 Å².